The average Bonchev–Trinajstić information content (AvgIpc) is 2.14. The van der Waals surface area contributed by atoms with E-state index in [0.717, 1.165) is 0 Å². The van der Waals surface area contributed by atoms with Gasteiger partial charge >= 0.3 is 0 Å². The molecule has 8 heavy (non-hydrogen) atoms. The molecule has 0 aliphatic carbocycles. The number of hydrogen-bond acceptors (Lipinski definition) is 4. The fourth-order valence-corrected chi connectivity index (χ4v) is 0.539. The summed E-state index contributed by atoms with van der Waals surface area (Å²) in [6.45, 7) is 1.90. The molecule has 0 radical (unpaired) electrons. The number of hydrogen-bond donors (Lipinski definition) is 1. The molecule has 4 nitrogen and oxygen atoms in total. The molecule has 0 bridgehead atoms. The van der Waals surface area contributed by atoms with E-state index in [9.17, 15) is 0 Å². The summed E-state index contributed by atoms with van der Waals surface area (Å²) in [7, 11) is 0. The highest BCUT2D eigenvalue weighted by molar-refractivity contribution is 5.76. The third-order valence-electron chi connectivity index (χ3n) is 0.933. The summed E-state index contributed by atoms with van der Waals surface area (Å²) in [6.07, 6.45) is 0.796. The molecule has 1 heterocycles. The second kappa shape index (κ2) is 2.00. The van der Waals surface area contributed by atoms with Crippen molar-refractivity contribution in [2.24, 2.45) is 11.1 Å². The van der Waals surface area contributed by atoms with Gasteiger partial charge in [-0.1, -0.05) is 0 Å². The molecule has 0 fully saturated rings. The zero-order valence-corrected chi connectivity index (χ0v) is 4.63. The van der Waals surface area contributed by atoms with Crippen molar-refractivity contribution in [1.82, 2.24) is 0 Å². The lowest BCUT2D eigenvalue weighted by Crippen LogP contribution is -2.09. The Hall–Kier alpha value is -0.770. The molecule has 0 aromatic carbocycles. The molecule has 0 spiro atoms. The number of oxime groups is 1. The predicted molar refractivity (Wildman–Crippen MR) is 27.9 cm³/mol. The molecule has 2 N–H and O–H groups in total. The first kappa shape index (κ1) is 5.37. The van der Waals surface area contributed by atoms with E-state index >= 15 is 0 Å². The summed E-state index contributed by atoms with van der Waals surface area (Å²) in [5, 5.41) is 3.50. The molecule has 0 aromatic rings. The fourth-order valence-electron chi connectivity index (χ4n) is 0.539. The van der Waals surface area contributed by atoms with Crippen molar-refractivity contribution in [2.45, 2.75) is 19.4 Å². The molecular weight excluding hydrogens is 108 g/mol. The third-order valence-corrected chi connectivity index (χ3v) is 0.933. The topological polar surface area (TPSA) is 56.8 Å². The Morgan fingerprint density at radius 3 is 3.00 bits per heavy atom. The van der Waals surface area contributed by atoms with Crippen molar-refractivity contribution in [3.8, 4) is 0 Å². The van der Waals surface area contributed by atoms with Gasteiger partial charge in [0.05, 0.1) is 6.42 Å². The van der Waals surface area contributed by atoms with E-state index < -0.39 is 0 Å². The van der Waals surface area contributed by atoms with Gasteiger partial charge in [-0.05, 0) is 12.1 Å². The molecule has 0 saturated heterocycles. The normalized spacial score (nSPS) is 26.8. The van der Waals surface area contributed by atoms with Gasteiger partial charge in [-0.2, -0.15) is 5.90 Å². The monoisotopic (exact) mass is 116 g/mol. The number of nitrogens with zero attached hydrogens (tertiary/aromatic N) is 1. The Labute approximate surface area is 47.2 Å². The second-order valence-electron chi connectivity index (χ2n) is 1.72. The maximum atomic E-state index is 4.79. The van der Waals surface area contributed by atoms with Crippen LogP contribution in [-0.2, 0) is 9.68 Å². The van der Waals surface area contributed by atoms with Gasteiger partial charge in [-0.3, -0.25) is 0 Å². The van der Waals surface area contributed by atoms with Crippen LogP contribution in [0, 0.1) is 0 Å². The summed E-state index contributed by atoms with van der Waals surface area (Å²) in [5.74, 6) is 5.26. The SMILES string of the molecule is CC1CC(ON)=NO1. The summed E-state index contributed by atoms with van der Waals surface area (Å²) in [6, 6.07) is 0. The summed E-state index contributed by atoms with van der Waals surface area (Å²) >= 11 is 0. The van der Waals surface area contributed by atoms with Crippen molar-refractivity contribution in [1.29, 1.82) is 0 Å². The standard InChI is InChI=1S/C4H8N2O2/c1-3-2-4(7-5)6-8-3/h3H,2,5H2,1H3. The van der Waals surface area contributed by atoms with Crippen LogP contribution < -0.4 is 5.90 Å². The maximum Gasteiger partial charge on any atom is 0.253 e. The fraction of sp³-hybridized carbons (Fsp3) is 0.750. The second-order valence-corrected chi connectivity index (χ2v) is 1.72. The zero-order chi connectivity index (χ0) is 5.98. The molecule has 1 unspecified atom stereocenters. The van der Waals surface area contributed by atoms with Gasteiger partial charge in [0.25, 0.3) is 5.90 Å². The van der Waals surface area contributed by atoms with E-state index in [0.29, 0.717) is 12.3 Å². The Bertz CT molecular complexity index is 113. The van der Waals surface area contributed by atoms with E-state index in [2.05, 4.69) is 9.99 Å². The van der Waals surface area contributed by atoms with Crippen LogP contribution >= 0.6 is 0 Å². The lowest BCUT2D eigenvalue weighted by atomic mass is 10.3. The van der Waals surface area contributed by atoms with Crippen LogP contribution in [0.25, 0.3) is 0 Å². The Kier molecular flexibility index (Phi) is 1.34. The first-order valence-electron chi connectivity index (χ1n) is 2.42. The minimum Gasteiger partial charge on any atom is -0.392 e. The third kappa shape index (κ3) is 0.894. The minimum atomic E-state index is 0.119. The van der Waals surface area contributed by atoms with Crippen molar-refractivity contribution >= 4 is 5.90 Å². The van der Waals surface area contributed by atoms with Gasteiger partial charge in [0.1, 0.15) is 6.10 Å². The van der Waals surface area contributed by atoms with Crippen LogP contribution in [0.15, 0.2) is 5.16 Å². The summed E-state index contributed by atoms with van der Waals surface area (Å²) in [5.41, 5.74) is 0. The van der Waals surface area contributed by atoms with Gasteiger partial charge in [-0.25, -0.2) is 0 Å². The van der Waals surface area contributed by atoms with Crippen LogP contribution in [0.2, 0.25) is 0 Å². The Morgan fingerprint density at radius 2 is 2.75 bits per heavy atom. The molecule has 1 atom stereocenters. The van der Waals surface area contributed by atoms with E-state index in [-0.39, 0.29) is 6.10 Å². The quantitative estimate of drug-likeness (QED) is 0.453. The van der Waals surface area contributed by atoms with Gasteiger partial charge in [0, 0.05) is 0 Å². The first-order chi connectivity index (χ1) is 3.83. The smallest absolute Gasteiger partial charge is 0.253 e. The lowest BCUT2D eigenvalue weighted by molar-refractivity contribution is 0.0989. The van der Waals surface area contributed by atoms with Crippen molar-refractivity contribution in [3.63, 3.8) is 0 Å². The first-order valence-corrected chi connectivity index (χ1v) is 2.42. The number of rotatable bonds is 0. The molecule has 0 aromatic heterocycles. The van der Waals surface area contributed by atoms with E-state index in [1.165, 1.54) is 0 Å². The molecule has 4 heteroatoms. The predicted octanol–water partition coefficient (Wildman–Crippen LogP) is -0.00100. The van der Waals surface area contributed by atoms with Gasteiger partial charge in [-0.15, -0.1) is 0 Å². The van der Waals surface area contributed by atoms with Crippen LogP contribution in [0.5, 0.6) is 0 Å². The molecule has 1 aliphatic rings. The highest BCUT2D eigenvalue weighted by Gasteiger charge is 2.16. The molecule has 1 rings (SSSR count). The zero-order valence-electron chi connectivity index (χ0n) is 4.63. The average molecular weight is 116 g/mol. The van der Waals surface area contributed by atoms with Crippen LogP contribution in [0.4, 0.5) is 0 Å². The molecule has 46 valence electrons. The lowest BCUT2D eigenvalue weighted by Gasteiger charge is -1.94. The molecule has 0 amide bonds. The van der Waals surface area contributed by atoms with Crippen molar-refractivity contribution in [2.75, 3.05) is 0 Å². The Morgan fingerprint density at radius 1 is 2.00 bits per heavy atom. The van der Waals surface area contributed by atoms with Gasteiger partial charge in [0.15, 0.2) is 0 Å². The van der Waals surface area contributed by atoms with E-state index in [4.69, 9.17) is 10.7 Å². The minimum absolute atomic E-state index is 0.119. The molecule has 1 aliphatic heterocycles. The van der Waals surface area contributed by atoms with Gasteiger partial charge < -0.3 is 9.68 Å². The highest BCUT2D eigenvalue weighted by atomic mass is 16.7. The maximum absolute atomic E-state index is 4.79. The van der Waals surface area contributed by atoms with Crippen molar-refractivity contribution in [3.05, 3.63) is 0 Å². The van der Waals surface area contributed by atoms with E-state index in [1.807, 2.05) is 6.92 Å². The molecule has 0 saturated carbocycles. The largest absolute Gasteiger partial charge is 0.392 e. The van der Waals surface area contributed by atoms with Crippen LogP contribution in [0.1, 0.15) is 13.3 Å². The summed E-state index contributed by atoms with van der Waals surface area (Å²) in [4.78, 5) is 9.05. The highest BCUT2D eigenvalue weighted by Crippen LogP contribution is 2.07. The van der Waals surface area contributed by atoms with Crippen molar-refractivity contribution < 1.29 is 9.68 Å². The van der Waals surface area contributed by atoms with E-state index in [1.54, 1.807) is 0 Å². The van der Waals surface area contributed by atoms with Crippen LogP contribution in [-0.4, -0.2) is 12.0 Å². The Balaban J connectivity index is 2.37. The van der Waals surface area contributed by atoms with Crippen LogP contribution in [0.3, 0.4) is 0 Å². The van der Waals surface area contributed by atoms with Gasteiger partial charge in [0.2, 0.25) is 0 Å². The molecular formula is C4H8N2O2. The number of nitrogens with two attached hydrogens (primary N) is 1. The summed E-state index contributed by atoms with van der Waals surface area (Å²) < 4.78 is 0.